The zero-order valence-corrected chi connectivity index (χ0v) is 18.4. The molecule has 9 heteroatoms. The van der Waals surface area contributed by atoms with Crippen molar-refractivity contribution in [2.75, 3.05) is 13.1 Å². The Morgan fingerprint density at radius 1 is 1.17 bits per heavy atom. The molecule has 1 aromatic carbocycles. The normalized spacial score (nSPS) is 34.3. The molecule has 1 aliphatic carbocycles. The van der Waals surface area contributed by atoms with Gasteiger partial charge in [0, 0.05) is 12.6 Å². The van der Waals surface area contributed by atoms with Crippen LogP contribution in [0.5, 0.6) is 0 Å². The number of piperidine rings is 1. The largest absolute Gasteiger partial charge is 0.351 e. The Balaban J connectivity index is 1.32. The van der Waals surface area contributed by atoms with Crippen molar-refractivity contribution in [2.45, 2.75) is 72.4 Å². The summed E-state index contributed by atoms with van der Waals surface area (Å²) in [5.74, 6) is 0.477. The smallest absolute Gasteiger partial charge is 0.237 e. The van der Waals surface area contributed by atoms with Gasteiger partial charge in [-0.15, -0.1) is 11.6 Å². The molecule has 3 N–H and O–H groups in total. The first-order valence-corrected chi connectivity index (χ1v) is 12.7. The summed E-state index contributed by atoms with van der Waals surface area (Å²) in [6, 6.07) is 6.74. The van der Waals surface area contributed by atoms with Gasteiger partial charge in [0.15, 0.2) is 9.84 Å². The van der Waals surface area contributed by atoms with Crippen molar-refractivity contribution in [1.29, 1.82) is 0 Å². The molecule has 0 spiro atoms. The van der Waals surface area contributed by atoms with Gasteiger partial charge in [-0.25, -0.2) is 12.8 Å². The maximum Gasteiger partial charge on any atom is 0.237 e. The summed E-state index contributed by atoms with van der Waals surface area (Å²) < 4.78 is 39.5. The van der Waals surface area contributed by atoms with Gasteiger partial charge >= 0.3 is 0 Å². The van der Waals surface area contributed by atoms with Crippen LogP contribution in [0.2, 0.25) is 0 Å². The Hall–Kier alpha value is -1.22. The van der Waals surface area contributed by atoms with Crippen LogP contribution in [0.3, 0.4) is 0 Å². The number of fused-ring (bicyclic) bond motifs is 1. The molecule has 1 aromatic rings. The molecular weight excluding hydrogens is 429 g/mol. The van der Waals surface area contributed by atoms with E-state index in [0.717, 1.165) is 31.5 Å². The molecule has 2 heterocycles. The number of carbonyl (C=O) groups excluding carboxylic acids is 1. The molecule has 2 aliphatic heterocycles. The average molecular weight is 458 g/mol. The highest BCUT2D eigenvalue weighted by atomic mass is 35.5. The average Bonchev–Trinajstić information content (AvgIpc) is 3.18. The summed E-state index contributed by atoms with van der Waals surface area (Å²) >= 11 is 5.88. The van der Waals surface area contributed by atoms with E-state index in [0.29, 0.717) is 31.3 Å². The first-order chi connectivity index (χ1) is 14.3. The third-order valence-corrected chi connectivity index (χ3v) is 9.41. The second-order valence-corrected chi connectivity index (χ2v) is 11.5. The van der Waals surface area contributed by atoms with Crippen molar-refractivity contribution in [1.82, 2.24) is 16.0 Å². The summed E-state index contributed by atoms with van der Waals surface area (Å²) in [4.78, 5) is 12.7. The van der Waals surface area contributed by atoms with Crippen LogP contribution in [0.4, 0.5) is 4.39 Å². The molecular formula is C21H29ClFN3O3S. The lowest BCUT2D eigenvalue weighted by molar-refractivity contribution is -0.123. The molecule has 2 saturated heterocycles. The van der Waals surface area contributed by atoms with E-state index in [4.69, 9.17) is 11.6 Å². The Morgan fingerprint density at radius 3 is 2.63 bits per heavy atom. The summed E-state index contributed by atoms with van der Waals surface area (Å²) in [6.07, 6.45) is 1.27. The van der Waals surface area contributed by atoms with Gasteiger partial charge < -0.3 is 16.0 Å². The Morgan fingerprint density at radius 2 is 1.93 bits per heavy atom. The number of carbonyl (C=O) groups is 1. The highest BCUT2D eigenvalue weighted by Crippen LogP contribution is 2.33. The van der Waals surface area contributed by atoms with E-state index in [1.807, 2.05) is 0 Å². The summed E-state index contributed by atoms with van der Waals surface area (Å²) in [5, 5.41) is 8.41. The second kappa shape index (κ2) is 9.10. The molecule has 166 valence electrons. The fraction of sp³-hybridized carbons (Fsp3) is 0.667. The maximum absolute atomic E-state index is 13.9. The molecule has 1 amide bonds. The monoisotopic (exact) mass is 457 g/mol. The Bertz CT molecular complexity index is 853. The number of rotatable bonds is 5. The van der Waals surface area contributed by atoms with Gasteiger partial charge in [0.05, 0.1) is 21.6 Å². The topological polar surface area (TPSA) is 87.3 Å². The first-order valence-electron chi connectivity index (χ1n) is 10.7. The molecule has 1 saturated carbocycles. The predicted octanol–water partition coefficient (Wildman–Crippen LogP) is 1.91. The van der Waals surface area contributed by atoms with Crippen LogP contribution >= 0.6 is 11.6 Å². The molecule has 0 bridgehead atoms. The van der Waals surface area contributed by atoms with Crippen molar-refractivity contribution in [3.8, 4) is 0 Å². The minimum Gasteiger partial charge on any atom is -0.351 e. The summed E-state index contributed by atoms with van der Waals surface area (Å²) in [5.41, 5.74) is 0.826. The Kier molecular flexibility index (Phi) is 6.67. The number of alkyl halides is 2. The van der Waals surface area contributed by atoms with Crippen molar-refractivity contribution in [3.63, 3.8) is 0 Å². The van der Waals surface area contributed by atoms with E-state index in [1.165, 1.54) is 0 Å². The fourth-order valence-electron chi connectivity index (χ4n) is 4.83. The quantitative estimate of drug-likeness (QED) is 0.588. The fourth-order valence-corrected chi connectivity index (χ4v) is 6.84. The number of sulfone groups is 1. The van der Waals surface area contributed by atoms with Crippen LogP contribution in [0.15, 0.2) is 29.2 Å². The molecule has 6 nitrogen and oxygen atoms in total. The van der Waals surface area contributed by atoms with Crippen molar-refractivity contribution < 1.29 is 17.6 Å². The van der Waals surface area contributed by atoms with Crippen LogP contribution in [0.25, 0.3) is 0 Å². The lowest BCUT2D eigenvalue weighted by atomic mass is 9.94. The van der Waals surface area contributed by atoms with Crippen LogP contribution in [-0.4, -0.2) is 56.3 Å². The van der Waals surface area contributed by atoms with Gasteiger partial charge in [0.25, 0.3) is 0 Å². The van der Waals surface area contributed by atoms with Crippen LogP contribution < -0.4 is 16.0 Å². The molecule has 6 unspecified atom stereocenters. The third kappa shape index (κ3) is 4.66. The minimum absolute atomic E-state index is 0.0204. The highest BCUT2D eigenvalue weighted by Gasteiger charge is 2.38. The molecule has 4 rings (SSSR count). The zero-order valence-electron chi connectivity index (χ0n) is 16.8. The van der Waals surface area contributed by atoms with E-state index in [2.05, 4.69) is 16.0 Å². The zero-order chi connectivity index (χ0) is 21.3. The van der Waals surface area contributed by atoms with Crippen LogP contribution in [0, 0.1) is 5.92 Å². The van der Waals surface area contributed by atoms with Gasteiger partial charge in [-0.2, -0.15) is 0 Å². The molecule has 30 heavy (non-hydrogen) atoms. The number of amides is 1. The number of benzene rings is 1. The van der Waals surface area contributed by atoms with E-state index in [9.17, 15) is 17.6 Å². The summed E-state index contributed by atoms with van der Waals surface area (Å²) in [7, 11) is -3.59. The molecule has 3 aliphatic rings. The number of hydrogen-bond acceptors (Lipinski definition) is 5. The maximum atomic E-state index is 13.9. The second-order valence-electron chi connectivity index (χ2n) is 8.69. The standard InChI is InChI=1S/C21H29ClFN3O3S/c22-17-6-5-16(10-18(17)23)30(28,29)15-3-1-13(2-4-15)11-25-21(27)20-9-14-12-24-8-7-19(14)26-20/h1-4,14,16-20,24,26H,5-12H2,(H,25,27). The summed E-state index contributed by atoms with van der Waals surface area (Å²) in [6.45, 7) is 2.28. The minimum atomic E-state index is -3.59. The van der Waals surface area contributed by atoms with E-state index < -0.39 is 26.6 Å². The van der Waals surface area contributed by atoms with Gasteiger partial charge in [-0.3, -0.25) is 4.79 Å². The Labute approximate surface area is 182 Å². The van der Waals surface area contributed by atoms with Crippen LogP contribution in [0.1, 0.15) is 37.7 Å². The van der Waals surface area contributed by atoms with Crippen molar-refractivity contribution in [3.05, 3.63) is 29.8 Å². The van der Waals surface area contributed by atoms with Crippen molar-refractivity contribution >= 4 is 27.3 Å². The number of nitrogens with one attached hydrogen (secondary N) is 3. The SMILES string of the molecule is O=C(NCc1ccc(S(=O)(=O)C2CCC(Cl)C(F)C2)cc1)C1CC2CNCCC2N1. The lowest BCUT2D eigenvalue weighted by Gasteiger charge is -2.28. The molecule has 6 atom stereocenters. The highest BCUT2D eigenvalue weighted by molar-refractivity contribution is 7.92. The first kappa shape index (κ1) is 22.0. The predicted molar refractivity (Wildman–Crippen MR) is 114 cm³/mol. The third-order valence-electron chi connectivity index (χ3n) is 6.68. The van der Waals surface area contributed by atoms with E-state index in [1.54, 1.807) is 24.3 Å². The molecule has 0 radical (unpaired) electrons. The van der Waals surface area contributed by atoms with Gasteiger partial charge in [0.1, 0.15) is 6.17 Å². The van der Waals surface area contributed by atoms with Gasteiger partial charge in [-0.05, 0) is 68.8 Å². The van der Waals surface area contributed by atoms with E-state index in [-0.39, 0.29) is 23.3 Å². The van der Waals surface area contributed by atoms with Crippen LogP contribution in [-0.2, 0) is 21.2 Å². The van der Waals surface area contributed by atoms with Gasteiger partial charge in [-0.1, -0.05) is 12.1 Å². The number of hydrogen-bond donors (Lipinski definition) is 3. The molecule has 0 aromatic heterocycles. The number of halogens is 2. The van der Waals surface area contributed by atoms with E-state index >= 15 is 0 Å². The van der Waals surface area contributed by atoms with Crippen molar-refractivity contribution in [2.24, 2.45) is 5.92 Å². The van der Waals surface area contributed by atoms with Gasteiger partial charge in [0.2, 0.25) is 5.91 Å². The molecule has 3 fully saturated rings. The lowest BCUT2D eigenvalue weighted by Crippen LogP contribution is -2.45.